The van der Waals surface area contributed by atoms with Crippen molar-refractivity contribution in [3.05, 3.63) is 29.6 Å². The molecule has 0 aromatic heterocycles. The van der Waals surface area contributed by atoms with Crippen molar-refractivity contribution in [3.8, 4) is 11.8 Å². The molecule has 110 valence electrons. The van der Waals surface area contributed by atoms with E-state index in [2.05, 4.69) is 6.07 Å². The highest BCUT2D eigenvalue weighted by Gasteiger charge is 2.15. The lowest BCUT2D eigenvalue weighted by atomic mass is 9.89. The molecule has 0 spiro atoms. The summed E-state index contributed by atoms with van der Waals surface area (Å²) in [6.07, 6.45) is 3.12. The maximum absolute atomic E-state index is 13.7. The van der Waals surface area contributed by atoms with E-state index >= 15 is 0 Å². The Hall–Kier alpha value is -1.60. The molecule has 3 nitrogen and oxygen atoms in total. The lowest BCUT2D eigenvalue weighted by Crippen LogP contribution is -2.10. The van der Waals surface area contributed by atoms with Gasteiger partial charge in [0.25, 0.3) is 0 Å². The highest BCUT2D eigenvalue weighted by molar-refractivity contribution is 5.35. The van der Waals surface area contributed by atoms with Crippen molar-refractivity contribution in [2.24, 2.45) is 11.1 Å². The van der Waals surface area contributed by atoms with Gasteiger partial charge in [0.2, 0.25) is 0 Å². The normalized spacial score (nSPS) is 11.2. The molecule has 0 fully saturated rings. The lowest BCUT2D eigenvalue weighted by Gasteiger charge is -2.15. The third-order valence-corrected chi connectivity index (χ3v) is 3.21. The Morgan fingerprint density at radius 2 is 2.10 bits per heavy atom. The molecule has 0 radical (unpaired) electrons. The number of para-hydroxylation sites is 1. The van der Waals surface area contributed by atoms with Gasteiger partial charge in [0, 0.05) is 0 Å². The Kier molecular flexibility index (Phi) is 6.47. The summed E-state index contributed by atoms with van der Waals surface area (Å²) in [5.74, 6) is -0.0224. The standard InChI is InChI=1S/C16H23FN2O/c1-16(2,12-19)9-3-4-11-20-15-13(8-10-18)6-5-7-14(15)17/h5-7H,3-4,8-11,18H2,1-2H3. The van der Waals surface area contributed by atoms with Crippen LogP contribution in [0.5, 0.6) is 5.75 Å². The summed E-state index contributed by atoms with van der Waals surface area (Å²) in [6, 6.07) is 7.17. The Labute approximate surface area is 120 Å². The zero-order valence-electron chi connectivity index (χ0n) is 12.3. The first kappa shape index (κ1) is 16.5. The van der Waals surface area contributed by atoms with Gasteiger partial charge in [-0.2, -0.15) is 5.26 Å². The van der Waals surface area contributed by atoms with Crippen LogP contribution in [-0.4, -0.2) is 13.2 Å². The molecule has 2 N–H and O–H groups in total. The lowest BCUT2D eigenvalue weighted by molar-refractivity contribution is 0.279. The van der Waals surface area contributed by atoms with Crippen LogP contribution in [0.3, 0.4) is 0 Å². The molecule has 4 heteroatoms. The van der Waals surface area contributed by atoms with Gasteiger partial charge in [-0.3, -0.25) is 0 Å². The van der Waals surface area contributed by atoms with Gasteiger partial charge in [0.1, 0.15) is 0 Å². The zero-order valence-corrected chi connectivity index (χ0v) is 12.3. The van der Waals surface area contributed by atoms with E-state index in [0.717, 1.165) is 24.8 Å². The Morgan fingerprint density at radius 1 is 1.35 bits per heavy atom. The molecule has 0 aliphatic rings. The molecule has 1 aromatic carbocycles. The van der Waals surface area contributed by atoms with Gasteiger partial charge in [-0.1, -0.05) is 12.1 Å². The molecule has 0 saturated heterocycles. The first-order valence-electron chi connectivity index (χ1n) is 7.01. The molecule has 20 heavy (non-hydrogen) atoms. The van der Waals surface area contributed by atoms with Crippen LogP contribution >= 0.6 is 0 Å². The van der Waals surface area contributed by atoms with Crippen LogP contribution in [-0.2, 0) is 6.42 Å². The first-order valence-corrected chi connectivity index (χ1v) is 7.01. The van der Waals surface area contributed by atoms with E-state index in [4.69, 9.17) is 15.7 Å². The van der Waals surface area contributed by atoms with Gasteiger partial charge < -0.3 is 10.5 Å². The number of nitrogens with zero attached hydrogens (tertiary/aromatic N) is 1. The van der Waals surface area contributed by atoms with Crippen LogP contribution in [0.4, 0.5) is 4.39 Å². The fraction of sp³-hybridized carbons (Fsp3) is 0.562. The zero-order chi connectivity index (χ0) is 15.0. The second-order valence-corrected chi connectivity index (χ2v) is 5.57. The van der Waals surface area contributed by atoms with Crippen LogP contribution in [0.2, 0.25) is 0 Å². The molecule has 0 unspecified atom stereocenters. The third kappa shape index (κ3) is 5.18. The summed E-state index contributed by atoms with van der Waals surface area (Å²) in [7, 11) is 0. The van der Waals surface area contributed by atoms with Crippen molar-refractivity contribution in [1.29, 1.82) is 5.26 Å². The molecule has 0 aliphatic carbocycles. The average Bonchev–Trinajstić information content (AvgIpc) is 2.41. The maximum Gasteiger partial charge on any atom is 0.165 e. The van der Waals surface area contributed by atoms with Crippen LogP contribution in [0.15, 0.2) is 18.2 Å². The van der Waals surface area contributed by atoms with E-state index in [-0.39, 0.29) is 11.2 Å². The summed E-state index contributed by atoms with van der Waals surface area (Å²) < 4.78 is 19.3. The minimum atomic E-state index is -0.340. The van der Waals surface area contributed by atoms with E-state index in [1.807, 2.05) is 19.9 Å². The Bertz CT molecular complexity index is 466. The van der Waals surface area contributed by atoms with Gasteiger partial charge in [-0.05, 0) is 57.7 Å². The Morgan fingerprint density at radius 3 is 2.75 bits per heavy atom. The number of nitriles is 1. The molecule has 0 bridgehead atoms. The summed E-state index contributed by atoms with van der Waals surface area (Å²) in [6.45, 7) is 4.77. The van der Waals surface area contributed by atoms with Gasteiger partial charge in [-0.25, -0.2) is 4.39 Å². The van der Waals surface area contributed by atoms with Gasteiger partial charge in [0.05, 0.1) is 18.1 Å². The average molecular weight is 278 g/mol. The number of hydrogen-bond donors (Lipinski definition) is 1. The summed E-state index contributed by atoms with van der Waals surface area (Å²) in [4.78, 5) is 0. The minimum Gasteiger partial charge on any atom is -0.490 e. The van der Waals surface area contributed by atoms with Crippen molar-refractivity contribution < 1.29 is 9.13 Å². The summed E-state index contributed by atoms with van der Waals surface area (Å²) in [5.41, 5.74) is 6.02. The number of rotatable bonds is 8. The topological polar surface area (TPSA) is 59.0 Å². The molecule has 0 heterocycles. The van der Waals surface area contributed by atoms with Crippen molar-refractivity contribution in [2.45, 2.75) is 39.5 Å². The SMILES string of the molecule is CC(C)(C#N)CCCCOc1c(F)cccc1CCN. The van der Waals surface area contributed by atoms with Crippen LogP contribution in [0.1, 0.15) is 38.7 Å². The monoisotopic (exact) mass is 278 g/mol. The number of ether oxygens (including phenoxy) is 1. The van der Waals surface area contributed by atoms with Gasteiger partial charge in [-0.15, -0.1) is 0 Å². The largest absolute Gasteiger partial charge is 0.490 e. The predicted octanol–water partition coefficient (Wildman–Crippen LogP) is 3.43. The minimum absolute atomic E-state index is 0.303. The highest BCUT2D eigenvalue weighted by atomic mass is 19.1. The van der Waals surface area contributed by atoms with Crippen molar-refractivity contribution in [3.63, 3.8) is 0 Å². The van der Waals surface area contributed by atoms with Crippen molar-refractivity contribution >= 4 is 0 Å². The molecular formula is C16H23FN2O. The number of hydrogen-bond acceptors (Lipinski definition) is 3. The molecule has 0 aliphatic heterocycles. The van der Waals surface area contributed by atoms with Crippen LogP contribution in [0.25, 0.3) is 0 Å². The number of benzene rings is 1. The number of nitrogens with two attached hydrogens (primary N) is 1. The fourth-order valence-corrected chi connectivity index (χ4v) is 1.97. The molecule has 1 rings (SSSR count). The summed E-state index contributed by atoms with van der Waals surface area (Å²) >= 11 is 0. The van der Waals surface area contributed by atoms with Gasteiger partial charge in [0.15, 0.2) is 11.6 Å². The number of halogens is 1. The number of unbranched alkanes of at least 4 members (excludes halogenated alkanes) is 1. The maximum atomic E-state index is 13.7. The molecule has 1 aromatic rings. The second-order valence-electron chi connectivity index (χ2n) is 5.57. The summed E-state index contributed by atoms with van der Waals surface area (Å²) in [5, 5.41) is 8.92. The second kappa shape index (κ2) is 7.86. The molecule has 0 atom stereocenters. The third-order valence-electron chi connectivity index (χ3n) is 3.21. The highest BCUT2D eigenvalue weighted by Crippen LogP contribution is 2.24. The van der Waals surface area contributed by atoms with E-state index in [1.165, 1.54) is 6.07 Å². The smallest absolute Gasteiger partial charge is 0.165 e. The quantitative estimate of drug-likeness (QED) is 0.741. The predicted molar refractivity (Wildman–Crippen MR) is 77.9 cm³/mol. The first-order chi connectivity index (χ1) is 9.50. The fourth-order valence-electron chi connectivity index (χ4n) is 1.97. The van der Waals surface area contributed by atoms with Crippen LogP contribution in [0, 0.1) is 22.6 Å². The van der Waals surface area contributed by atoms with E-state index in [1.54, 1.807) is 6.07 Å². The van der Waals surface area contributed by atoms with Crippen LogP contribution < -0.4 is 10.5 Å². The molecule has 0 amide bonds. The van der Waals surface area contributed by atoms with E-state index < -0.39 is 0 Å². The van der Waals surface area contributed by atoms with E-state index in [0.29, 0.717) is 25.3 Å². The molecular weight excluding hydrogens is 255 g/mol. The van der Waals surface area contributed by atoms with E-state index in [9.17, 15) is 4.39 Å². The van der Waals surface area contributed by atoms with Crippen molar-refractivity contribution in [2.75, 3.05) is 13.2 Å². The molecule has 0 saturated carbocycles. The van der Waals surface area contributed by atoms with Gasteiger partial charge >= 0.3 is 0 Å². The Balaban J connectivity index is 2.44. The van der Waals surface area contributed by atoms with Crippen molar-refractivity contribution in [1.82, 2.24) is 0 Å².